The van der Waals surface area contributed by atoms with Crippen molar-refractivity contribution in [3.8, 4) is 29.1 Å². The third-order valence-electron chi connectivity index (χ3n) is 6.16. The van der Waals surface area contributed by atoms with E-state index in [1.54, 1.807) is 45.6 Å². The fraction of sp³-hybridized carbons (Fsp3) is 0.407. The largest absolute Gasteiger partial charge is 0.497 e. The molecule has 34 heavy (non-hydrogen) atoms. The maximum Gasteiger partial charge on any atom is 0.262 e. The Morgan fingerprint density at radius 1 is 1.03 bits per heavy atom. The third-order valence-corrected chi connectivity index (χ3v) is 6.16. The number of benzene rings is 2. The Hall–Kier alpha value is -3.66. The van der Waals surface area contributed by atoms with Crippen molar-refractivity contribution < 1.29 is 23.7 Å². The molecule has 7 nitrogen and oxygen atoms in total. The van der Waals surface area contributed by atoms with E-state index in [-0.39, 0.29) is 24.1 Å². The quantitative estimate of drug-likeness (QED) is 0.420. The van der Waals surface area contributed by atoms with Crippen molar-refractivity contribution in [2.45, 2.75) is 45.3 Å². The average molecular weight is 465 g/mol. The van der Waals surface area contributed by atoms with Crippen molar-refractivity contribution in [1.82, 2.24) is 5.32 Å². The van der Waals surface area contributed by atoms with E-state index in [1.807, 2.05) is 24.3 Å². The number of nitrogens with zero attached hydrogens (tertiary/aromatic N) is 1. The summed E-state index contributed by atoms with van der Waals surface area (Å²) in [5.41, 5.74) is 1.56. The van der Waals surface area contributed by atoms with Crippen molar-refractivity contribution in [3.63, 3.8) is 0 Å². The number of amides is 1. The van der Waals surface area contributed by atoms with E-state index in [1.165, 1.54) is 6.42 Å². The van der Waals surface area contributed by atoms with Crippen LogP contribution < -0.4 is 24.3 Å². The van der Waals surface area contributed by atoms with Crippen LogP contribution in [0.15, 0.2) is 42.0 Å². The minimum atomic E-state index is -0.342. The molecule has 0 aliphatic heterocycles. The van der Waals surface area contributed by atoms with Crippen LogP contribution in [0, 0.1) is 17.2 Å². The summed E-state index contributed by atoms with van der Waals surface area (Å²) in [6.45, 7) is 2.39. The molecule has 2 aromatic rings. The van der Waals surface area contributed by atoms with E-state index < -0.39 is 0 Å². The van der Waals surface area contributed by atoms with Crippen molar-refractivity contribution in [2.75, 3.05) is 21.3 Å². The van der Waals surface area contributed by atoms with Gasteiger partial charge in [-0.15, -0.1) is 0 Å². The number of ether oxygens (including phenoxy) is 4. The monoisotopic (exact) mass is 464 g/mol. The van der Waals surface area contributed by atoms with Gasteiger partial charge in [0.2, 0.25) is 0 Å². The van der Waals surface area contributed by atoms with Crippen LogP contribution >= 0.6 is 0 Å². The number of hydrogen-bond donors (Lipinski definition) is 1. The van der Waals surface area contributed by atoms with Crippen LogP contribution in [0.2, 0.25) is 0 Å². The smallest absolute Gasteiger partial charge is 0.262 e. The van der Waals surface area contributed by atoms with Gasteiger partial charge in [0.15, 0.2) is 11.5 Å². The second-order valence-electron chi connectivity index (χ2n) is 8.39. The summed E-state index contributed by atoms with van der Waals surface area (Å²) in [6.07, 6.45) is 5.90. The van der Waals surface area contributed by atoms with Crippen molar-refractivity contribution in [2.24, 2.45) is 5.92 Å². The molecular formula is C27H32N2O5. The Kier molecular flexibility index (Phi) is 8.80. The standard InChI is InChI=1S/C27H32N2O5/c1-18-7-5-6-8-23(18)29-27(30)20(16-28)13-19-9-11-25(26(14-19)33-4)34-17-21-15-22(31-2)10-12-24(21)32-3/h9-15,18,23H,5-8,17H2,1-4H3,(H,29,30)/b20-13+/t18-,23-/m1/s1. The first-order chi connectivity index (χ1) is 16.5. The van der Waals surface area contributed by atoms with Gasteiger partial charge in [0.05, 0.1) is 21.3 Å². The lowest BCUT2D eigenvalue weighted by Crippen LogP contribution is -2.41. The molecule has 2 atom stereocenters. The van der Waals surface area contributed by atoms with Crippen molar-refractivity contribution in [3.05, 3.63) is 53.1 Å². The summed E-state index contributed by atoms with van der Waals surface area (Å²) in [7, 11) is 4.75. The van der Waals surface area contributed by atoms with E-state index >= 15 is 0 Å². The van der Waals surface area contributed by atoms with Crippen molar-refractivity contribution in [1.29, 1.82) is 5.26 Å². The number of rotatable bonds is 9. The van der Waals surface area contributed by atoms with Gasteiger partial charge in [-0.05, 0) is 60.7 Å². The van der Waals surface area contributed by atoms with E-state index in [2.05, 4.69) is 12.2 Å². The second kappa shape index (κ2) is 12.0. The van der Waals surface area contributed by atoms with E-state index in [0.29, 0.717) is 34.5 Å². The lowest BCUT2D eigenvalue weighted by molar-refractivity contribution is -0.118. The molecule has 1 amide bonds. The first-order valence-electron chi connectivity index (χ1n) is 11.4. The highest BCUT2D eigenvalue weighted by Crippen LogP contribution is 2.32. The molecule has 1 saturated carbocycles. The second-order valence-corrected chi connectivity index (χ2v) is 8.39. The Bertz CT molecular complexity index is 1070. The summed E-state index contributed by atoms with van der Waals surface area (Å²) in [5.74, 6) is 2.49. The Labute approximate surface area is 201 Å². The van der Waals surface area contributed by atoms with Gasteiger partial charge >= 0.3 is 0 Å². The zero-order valence-electron chi connectivity index (χ0n) is 20.2. The molecule has 7 heteroatoms. The van der Waals surface area contributed by atoms with Crippen LogP contribution in [0.25, 0.3) is 6.08 Å². The first-order valence-corrected chi connectivity index (χ1v) is 11.4. The molecule has 0 heterocycles. The van der Waals surface area contributed by atoms with Gasteiger partial charge in [-0.2, -0.15) is 5.26 Å². The Balaban J connectivity index is 1.74. The maximum atomic E-state index is 12.7. The minimum absolute atomic E-state index is 0.0645. The Morgan fingerprint density at radius 3 is 2.44 bits per heavy atom. The summed E-state index contributed by atoms with van der Waals surface area (Å²) in [6, 6.07) is 12.9. The van der Waals surface area contributed by atoms with Gasteiger partial charge in [-0.3, -0.25) is 4.79 Å². The fourth-order valence-electron chi connectivity index (χ4n) is 4.14. The third kappa shape index (κ3) is 6.22. The number of nitrogens with one attached hydrogen (secondary N) is 1. The molecule has 3 rings (SSSR count). The molecule has 1 aliphatic carbocycles. The van der Waals surface area contributed by atoms with Crippen molar-refractivity contribution >= 4 is 12.0 Å². The van der Waals surface area contributed by atoms with Gasteiger partial charge < -0.3 is 24.3 Å². The molecule has 0 radical (unpaired) electrons. The topological polar surface area (TPSA) is 89.8 Å². The van der Waals surface area contributed by atoms with E-state index in [9.17, 15) is 10.1 Å². The lowest BCUT2D eigenvalue weighted by atomic mass is 9.86. The maximum absolute atomic E-state index is 12.7. The zero-order valence-corrected chi connectivity index (χ0v) is 20.2. The first kappa shape index (κ1) is 25.0. The van der Waals surface area contributed by atoms with Crippen LogP contribution in [0.5, 0.6) is 23.0 Å². The van der Waals surface area contributed by atoms with Crippen LogP contribution in [-0.2, 0) is 11.4 Å². The zero-order chi connectivity index (χ0) is 24.5. The van der Waals surface area contributed by atoms with Crippen LogP contribution in [0.1, 0.15) is 43.7 Å². The molecule has 1 N–H and O–H groups in total. The van der Waals surface area contributed by atoms with E-state index in [4.69, 9.17) is 18.9 Å². The van der Waals surface area contributed by atoms with Crippen LogP contribution in [0.4, 0.5) is 0 Å². The van der Waals surface area contributed by atoms with Gasteiger partial charge in [0.1, 0.15) is 29.7 Å². The predicted molar refractivity (Wildman–Crippen MR) is 130 cm³/mol. The number of methoxy groups -OCH3 is 3. The van der Waals surface area contributed by atoms with Crippen LogP contribution in [-0.4, -0.2) is 33.3 Å². The van der Waals surface area contributed by atoms with Gasteiger partial charge in [-0.1, -0.05) is 25.8 Å². The summed E-state index contributed by atoms with van der Waals surface area (Å²) in [5, 5.41) is 12.6. The Morgan fingerprint density at radius 2 is 1.76 bits per heavy atom. The average Bonchev–Trinajstić information content (AvgIpc) is 2.87. The highest BCUT2D eigenvalue weighted by molar-refractivity contribution is 6.01. The molecule has 1 aliphatic rings. The van der Waals surface area contributed by atoms with Crippen LogP contribution in [0.3, 0.4) is 0 Å². The molecule has 0 spiro atoms. The summed E-state index contributed by atoms with van der Waals surface area (Å²) < 4.78 is 22.2. The summed E-state index contributed by atoms with van der Waals surface area (Å²) >= 11 is 0. The lowest BCUT2D eigenvalue weighted by Gasteiger charge is -2.29. The number of carbonyl (C=O) groups is 1. The summed E-state index contributed by atoms with van der Waals surface area (Å²) in [4.78, 5) is 12.7. The highest BCUT2D eigenvalue weighted by atomic mass is 16.5. The SMILES string of the molecule is COc1ccc(OC)c(COc2ccc(/C=C(\C#N)C(=O)N[C@@H]3CCCC[C@H]3C)cc2OC)c1. The number of carbonyl (C=O) groups excluding carboxylic acids is 1. The molecule has 1 fully saturated rings. The number of nitriles is 1. The molecule has 180 valence electrons. The molecule has 0 unspecified atom stereocenters. The predicted octanol–water partition coefficient (Wildman–Crippen LogP) is 4.89. The molecule has 0 bridgehead atoms. The normalized spacial score (nSPS) is 17.9. The molecule has 0 saturated heterocycles. The minimum Gasteiger partial charge on any atom is -0.497 e. The van der Waals surface area contributed by atoms with Gasteiger partial charge in [0.25, 0.3) is 5.91 Å². The number of hydrogen-bond acceptors (Lipinski definition) is 6. The van der Waals surface area contributed by atoms with E-state index in [0.717, 1.165) is 24.8 Å². The fourth-order valence-corrected chi connectivity index (χ4v) is 4.14. The molecular weight excluding hydrogens is 432 g/mol. The highest BCUT2D eigenvalue weighted by Gasteiger charge is 2.24. The van der Waals surface area contributed by atoms with Gasteiger partial charge in [0, 0.05) is 11.6 Å². The molecule has 0 aromatic heterocycles. The van der Waals surface area contributed by atoms with Gasteiger partial charge in [-0.25, -0.2) is 0 Å². The molecule has 2 aromatic carbocycles.